The number of carbonyl (C=O) groups is 1. The van der Waals surface area contributed by atoms with Crippen molar-refractivity contribution in [3.63, 3.8) is 0 Å². The number of benzene rings is 2. The smallest absolute Gasteiger partial charge is 0.321 e. The number of urea groups is 1. The van der Waals surface area contributed by atoms with Crippen molar-refractivity contribution in [3.05, 3.63) is 48.0 Å². The first-order valence-corrected chi connectivity index (χ1v) is 8.46. The van der Waals surface area contributed by atoms with Crippen LogP contribution in [-0.2, 0) is 0 Å². The lowest BCUT2D eigenvalue weighted by Gasteiger charge is -2.36. The van der Waals surface area contributed by atoms with Crippen molar-refractivity contribution in [1.82, 2.24) is 4.90 Å². The second kappa shape index (κ2) is 6.55. The van der Waals surface area contributed by atoms with E-state index >= 15 is 0 Å². The average molecular weight is 339 g/mol. The Balaban J connectivity index is 1.35. The number of piperazine rings is 1. The van der Waals surface area contributed by atoms with Crippen LogP contribution in [0, 0.1) is 6.92 Å². The highest BCUT2D eigenvalue weighted by Gasteiger charge is 2.23. The minimum Gasteiger partial charge on any atom is -0.454 e. The highest BCUT2D eigenvalue weighted by atomic mass is 16.7. The van der Waals surface area contributed by atoms with E-state index in [4.69, 9.17) is 9.47 Å². The van der Waals surface area contributed by atoms with Crippen LogP contribution < -0.4 is 19.7 Å². The zero-order chi connectivity index (χ0) is 17.2. The molecule has 0 aliphatic carbocycles. The Kier molecular flexibility index (Phi) is 4.09. The molecule has 0 spiro atoms. The molecule has 0 atom stereocenters. The molecule has 0 unspecified atom stereocenters. The largest absolute Gasteiger partial charge is 0.454 e. The van der Waals surface area contributed by atoms with Crippen molar-refractivity contribution < 1.29 is 14.3 Å². The lowest BCUT2D eigenvalue weighted by atomic mass is 10.2. The second-order valence-corrected chi connectivity index (χ2v) is 6.31. The molecule has 4 rings (SSSR count). The Morgan fingerprint density at radius 3 is 2.60 bits per heavy atom. The van der Waals surface area contributed by atoms with Crippen LogP contribution in [-0.4, -0.2) is 43.9 Å². The Hall–Kier alpha value is -2.89. The molecule has 1 N–H and O–H groups in total. The van der Waals surface area contributed by atoms with E-state index in [0.29, 0.717) is 13.1 Å². The number of aryl methyl sites for hydroxylation is 1. The molecule has 6 nitrogen and oxygen atoms in total. The molecule has 1 saturated heterocycles. The van der Waals surface area contributed by atoms with Crippen LogP contribution in [0.4, 0.5) is 16.2 Å². The summed E-state index contributed by atoms with van der Waals surface area (Å²) in [5, 5.41) is 2.97. The highest BCUT2D eigenvalue weighted by Crippen LogP contribution is 2.35. The summed E-state index contributed by atoms with van der Waals surface area (Å²) < 4.78 is 10.8. The maximum absolute atomic E-state index is 12.4. The lowest BCUT2D eigenvalue weighted by Crippen LogP contribution is -2.50. The summed E-state index contributed by atoms with van der Waals surface area (Å²) in [7, 11) is 0. The van der Waals surface area contributed by atoms with Gasteiger partial charge in [0, 0.05) is 43.6 Å². The number of hydrogen-bond donors (Lipinski definition) is 1. The number of carbonyl (C=O) groups excluding carboxylic acids is 1. The molecule has 25 heavy (non-hydrogen) atoms. The van der Waals surface area contributed by atoms with Gasteiger partial charge in [-0.25, -0.2) is 4.79 Å². The third-order valence-electron chi connectivity index (χ3n) is 4.56. The van der Waals surface area contributed by atoms with E-state index in [1.54, 1.807) is 0 Å². The van der Waals surface area contributed by atoms with Crippen LogP contribution in [0.2, 0.25) is 0 Å². The van der Waals surface area contributed by atoms with Crippen molar-refractivity contribution in [2.75, 3.05) is 43.2 Å². The van der Waals surface area contributed by atoms with Gasteiger partial charge in [-0.05, 0) is 36.8 Å². The average Bonchev–Trinajstić information content (AvgIpc) is 3.09. The van der Waals surface area contributed by atoms with Crippen molar-refractivity contribution >= 4 is 17.4 Å². The number of amides is 2. The number of anilines is 2. The molecule has 130 valence electrons. The van der Waals surface area contributed by atoms with E-state index in [0.717, 1.165) is 41.5 Å². The van der Waals surface area contributed by atoms with Gasteiger partial charge in [-0.3, -0.25) is 0 Å². The third-order valence-corrected chi connectivity index (χ3v) is 4.56. The van der Waals surface area contributed by atoms with Crippen LogP contribution in [0.15, 0.2) is 42.5 Å². The SMILES string of the molecule is Cc1cccc(NC(=O)N2CCN(c3ccc4c(c3)OCO4)CC2)c1. The van der Waals surface area contributed by atoms with Crippen LogP contribution >= 0.6 is 0 Å². The number of nitrogens with one attached hydrogen (secondary N) is 1. The molecule has 2 amide bonds. The Labute approximate surface area is 146 Å². The molecule has 2 aliphatic heterocycles. The van der Waals surface area contributed by atoms with Crippen molar-refractivity contribution in [2.45, 2.75) is 6.92 Å². The molecule has 0 saturated carbocycles. The normalized spacial score (nSPS) is 16.0. The maximum Gasteiger partial charge on any atom is 0.321 e. The molecule has 2 aliphatic rings. The van der Waals surface area contributed by atoms with Gasteiger partial charge in [0.1, 0.15) is 0 Å². The maximum atomic E-state index is 12.4. The monoisotopic (exact) mass is 339 g/mol. The first kappa shape index (κ1) is 15.6. The zero-order valence-corrected chi connectivity index (χ0v) is 14.2. The summed E-state index contributed by atoms with van der Waals surface area (Å²) >= 11 is 0. The standard InChI is InChI=1S/C19H21N3O3/c1-14-3-2-4-15(11-14)20-19(23)22-9-7-21(8-10-22)16-5-6-17-18(12-16)25-13-24-17/h2-6,11-12H,7-10,13H2,1H3,(H,20,23). The summed E-state index contributed by atoms with van der Waals surface area (Å²) in [6.07, 6.45) is 0. The number of nitrogens with zero attached hydrogens (tertiary/aromatic N) is 2. The molecule has 6 heteroatoms. The minimum atomic E-state index is -0.0454. The molecule has 2 aromatic carbocycles. The van der Waals surface area contributed by atoms with Crippen molar-refractivity contribution in [1.29, 1.82) is 0 Å². The van der Waals surface area contributed by atoms with Crippen LogP contribution in [0.3, 0.4) is 0 Å². The Morgan fingerprint density at radius 1 is 1.00 bits per heavy atom. The van der Waals surface area contributed by atoms with E-state index in [2.05, 4.69) is 10.2 Å². The van der Waals surface area contributed by atoms with Gasteiger partial charge >= 0.3 is 6.03 Å². The van der Waals surface area contributed by atoms with E-state index in [1.165, 1.54) is 0 Å². The first-order chi connectivity index (χ1) is 12.2. The number of fused-ring (bicyclic) bond motifs is 1. The lowest BCUT2D eigenvalue weighted by molar-refractivity contribution is 0.174. The predicted molar refractivity (Wildman–Crippen MR) is 96.5 cm³/mol. The fourth-order valence-electron chi connectivity index (χ4n) is 3.18. The summed E-state index contributed by atoms with van der Waals surface area (Å²) in [6, 6.07) is 13.8. The fourth-order valence-corrected chi connectivity index (χ4v) is 3.18. The van der Waals surface area contributed by atoms with Gasteiger partial charge in [-0.2, -0.15) is 0 Å². The number of rotatable bonds is 2. The minimum absolute atomic E-state index is 0.0454. The topological polar surface area (TPSA) is 54.0 Å². The summed E-state index contributed by atoms with van der Waals surface area (Å²) in [4.78, 5) is 16.6. The van der Waals surface area contributed by atoms with E-state index in [9.17, 15) is 4.79 Å². The predicted octanol–water partition coefficient (Wildman–Crippen LogP) is 3.08. The summed E-state index contributed by atoms with van der Waals surface area (Å²) in [6.45, 7) is 5.26. The highest BCUT2D eigenvalue weighted by molar-refractivity contribution is 5.89. The van der Waals surface area contributed by atoms with Crippen LogP contribution in [0.1, 0.15) is 5.56 Å². The van der Waals surface area contributed by atoms with Gasteiger partial charge in [-0.1, -0.05) is 12.1 Å². The molecule has 2 aromatic rings. The van der Waals surface area contributed by atoms with Gasteiger partial charge in [0.2, 0.25) is 6.79 Å². The number of ether oxygens (including phenoxy) is 2. The van der Waals surface area contributed by atoms with Gasteiger partial charge in [0.15, 0.2) is 11.5 Å². The second-order valence-electron chi connectivity index (χ2n) is 6.31. The zero-order valence-electron chi connectivity index (χ0n) is 14.2. The van der Waals surface area contributed by atoms with Gasteiger partial charge in [-0.15, -0.1) is 0 Å². The summed E-state index contributed by atoms with van der Waals surface area (Å²) in [5.74, 6) is 1.58. The van der Waals surface area contributed by atoms with E-state index < -0.39 is 0 Å². The van der Waals surface area contributed by atoms with E-state index in [1.807, 2.05) is 54.3 Å². The summed E-state index contributed by atoms with van der Waals surface area (Å²) in [5.41, 5.74) is 3.07. The molecule has 0 aromatic heterocycles. The van der Waals surface area contributed by atoms with Gasteiger partial charge in [0.05, 0.1) is 0 Å². The Bertz CT molecular complexity index is 785. The molecular formula is C19H21N3O3. The molecule has 0 bridgehead atoms. The third kappa shape index (κ3) is 3.33. The Morgan fingerprint density at radius 2 is 1.80 bits per heavy atom. The fraction of sp³-hybridized carbons (Fsp3) is 0.316. The molecular weight excluding hydrogens is 318 g/mol. The van der Waals surface area contributed by atoms with Crippen molar-refractivity contribution in [3.8, 4) is 11.5 Å². The van der Waals surface area contributed by atoms with Gasteiger partial charge in [0.25, 0.3) is 0 Å². The van der Waals surface area contributed by atoms with E-state index in [-0.39, 0.29) is 12.8 Å². The van der Waals surface area contributed by atoms with Crippen LogP contribution in [0.5, 0.6) is 11.5 Å². The first-order valence-electron chi connectivity index (χ1n) is 8.46. The van der Waals surface area contributed by atoms with Crippen LogP contribution in [0.25, 0.3) is 0 Å². The molecule has 2 heterocycles. The van der Waals surface area contributed by atoms with Crippen molar-refractivity contribution in [2.24, 2.45) is 0 Å². The molecule has 1 fully saturated rings. The van der Waals surface area contributed by atoms with Gasteiger partial charge < -0.3 is 24.6 Å². The molecule has 0 radical (unpaired) electrons. The number of hydrogen-bond acceptors (Lipinski definition) is 4. The quantitative estimate of drug-likeness (QED) is 0.914.